The van der Waals surface area contributed by atoms with Gasteiger partial charge in [0.15, 0.2) is 11.5 Å². The van der Waals surface area contributed by atoms with Crippen LogP contribution in [-0.4, -0.2) is 26.4 Å². The highest BCUT2D eigenvalue weighted by atomic mass is 16.7. The van der Waals surface area contributed by atoms with Crippen molar-refractivity contribution in [1.82, 2.24) is 5.06 Å². The third-order valence-corrected chi connectivity index (χ3v) is 3.81. The average molecular weight is 265 g/mol. The van der Waals surface area contributed by atoms with E-state index in [9.17, 15) is 10.2 Å². The lowest BCUT2D eigenvalue weighted by Gasteiger charge is -2.50. The molecule has 2 N–H and O–H groups in total. The van der Waals surface area contributed by atoms with E-state index in [4.69, 9.17) is 4.84 Å². The smallest absolute Gasteiger partial charge is 0.192 e. The number of benzene rings is 1. The molecule has 0 aromatic heterocycles. The maximum atomic E-state index is 9.84. The minimum Gasteiger partial charge on any atom is -0.508 e. The Kier molecular flexibility index (Phi) is 3.39. The quantitative estimate of drug-likeness (QED) is 0.804. The van der Waals surface area contributed by atoms with Crippen LogP contribution in [-0.2, 0) is 0 Å². The van der Waals surface area contributed by atoms with Crippen LogP contribution in [0.15, 0.2) is 18.2 Å². The van der Waals surface area contributed by atoms with E-state index in [-0.39, 0.29) is 22.6 Å². The van der Waals surface area contributed by atoms with Crippen molar-refractivity contribution in [3.8, 4) is 17.2 Å². The number of phenols is 2. The summed E-state index contributed by atoms with van der Waals surface area (Å²) in [6.45, 7) is 8.53. The van der Waals surface area contributed by atoms with Crippen LogP contribution in [0.5, 0.6) is 17.2 Å². The van der Waals surface area contributed by atoms with Gasteiger partial charge in [-0.3, -0.25) is 0 Å². The minimum absolute atomic E-state index is 0.0370. The molecule has 0 spiro atoms. The van der Waals surface area contributed by atoms with Gasteiger partial charge in [0.05, 0.1) is 11.1 Å². The Balaban J connectivity index is 2.31. The van der Waals surface area contributed by atoms with Crippen LogP contribution in [0.2, 0.25) is 0 Å². The second kappa shape index (κ2) is 4.60. The first kappa shape index (κ1) is 14.0. The molecule has 1 fully saturated rings. The summed E-state index contributed by atoms with van der Waals surface area (Å²) in [7, 11) is 0. The number of hydroxylamine groups is 2. The summed E-state index contributed by atoms with van der Waals surface area (Å²) < 4.78 is 0. The first-order valence-corrected chi connectivity index (χ1v) is 6.73. The Hall–Kier alpha value is -1.42. The van der Waals surface area contributed by atoms with E-state index in [1.54, 1.807) is 0 Å². The monoisotopic (exact) mass is 265 g/mol. The van der Waals surface area contributed by atoms with Gasteiger partial charge in [-0.1, -0.05) is 0 Å². The van der Waals surface area contributed by atoms with E-state index in [2.05, 4.69) is 27.7 Å². The minimum atomic E-state index is -0.111. The fraction of sp³-hybridized carbons (Fsp3) is 0.600. The van der Waals surface area contributed by atoms with Crippen LogP contribution in [0.3, 0.4) is 0 Å². The Morgan fingerprint density at radius 1 is 1.05 bits per heavy atom. The summed E-state index contributed by atoms with van der Waals surface area (Å²) in [5.41, 5.74) is -0.223. The fourth-order valence-electron chi connectivity index (χ4n) is 2.90. The van der Waals surface area contributed by atoms with Crippen molar-refractivity contribution in [3.63, 3.8) is 0 Å². The molecule has 4 nitrogen and oxygen atoms in total. The molecule has 0 unspecified atom stereocenters. The molecule has 0 saturated carbocycles. The van der Waals surface area contributed by atoms with Crippen molar-refractivity contribution in [3.05, 3.63) is 18.2 Å². The Morgan fingerprint density at radius 3 is 2.21 bits per heavy atom. The lowest BCUT2D eigenvalue weighted by atomic mass is 9.82. The summed E-state index contributed by atoms with van der Waals surface area (Å²) in [6.07, 6.45) is 3.23. The van der Waals surface area contributed by atoms with Crippen molar-refractivity contribution in [2.45, 2.75) is 58.0 Å². The molecule has 0 atom stereocenters. The molecule has 19 heavy (non-hydrogen) atoms. The number of piperidine rings is 1. The predicted molar refractivity (Wildman–Crippen MR) is 74.2 cm³/mol. The van der Waals surface area contributed by atoms with Gasteiger partial charge in [0.2, 0.25) is 0 Å². The van der Waals surface area contributed by atoms with Crippen LogP contribution in [0.4, 0.5) is 0 Å². The molecule has 0 radical (unpaired) electrons. The number of hydrogen-bond acceptors (Lipinski definition) is 4. The molecule has 0 aliphatic carbocycles. The third kappa shape index (κ3) is 2.78. The van der Waals surface area contributed by atoms with Crippen molar-refractivity contribution in [2.24, 2.45) is 0 Å². The summed E-state index contributed by atoms with van der Waals surface area (Å²) >= 11 is 0. The van der Waals surface area contributed by atoms with Gasteiger partial charge in [-0.25, -0.2) is 0 Å². The number of aromatic hydroxyl groups is 2. The SMILES string of the molecule is CC1(C)CCCC(C)(C)N1Oc1cc(O)ccc1O. The molecule has 1 aliphatic heterocycles. The zero-order chi connectivity index (χ0) is 14.3. The molecule has 1 heterocycles. The van der Waals surface area contributed by atoms with Crippen molar-refractivity contribution >= 4 is 0 Å². The summed E-state index contributed by atoms with van der Waals surface area (Å²) in [6, 6.07) is 4.32. The molecule has 0 amide bonds. The van der Waals surface area contributed by atoms with Gasteiger partial charge >= 0.3 is 0 Å². The Bertz CT molecular complexity index is 452. The normalized spacial score (nSPS) is 22.1. The molecular weight excluding hydrogens is 242 g/mol. The van der Waals surface area contributed by atoms with Gasteiger partial charge in [0.1, 0.15) is 5.75 Å². The first-order valence-electron chi connectivity index (χ1n) is 6.73. The van der Waals surface area contributed by atoms with Gasteiger partial charge in [-0.15, -0.1) is 5.06 Å². The summed E-state index contributed by atoms with van der Waals surface area (Å²) in [4.78, 5) is 5.92. The summed E-state index contributed by atoms with van der Waals surface area (Å²) in [5, 5.41) is 21.3. The number of nitrogens with zero attached hydrogens (tertiary/aromatic N) is 1. The number of hydrogen-bond donors (Lipinski definition) is 2. The van der Waals surface area contributed by atoms with E-state index in [0.717, 1.165) is 19.3 Å². The standard InChI is InChI=1S/C15H23NO3/c1-14(2)8-5-9-15(3,4)16(14)19-13-10-11(17)6-7-12(13)18/h6-7,10,17-18H,5,8-9H2,1-4H3. The van der Waals surface area contributed by atoms with E-state index in [1.807, 2.05) is 5.06 Å². The molecule has 1 aliphatic rings. The molecule has 4 heteroatoms. The fourth-order valence-corrected chi connectivity index (χ4v) is 2.90. The molecule has 2 rings (SSSR count). The number of rotatable bonds is 2. The van der Waals surface area contributed by atoms with E-state index < -0.39 is 0 Å². The van der Waals surface area contributed by atoms with Gasteiger partial charge in [0.25, 0.3) is 0 Å². The van der Waals surface area contributed by atoms with Crippen molar-refractivity contribution < 1.29 is 15.1 Å². The highest BCUT2D eigenvalue weighted by Gasteiger charge is 2.43. The molecule has 1 aromatic rings. The molecule has 1 aromatic carbocycles. The lowest BCUT2D eigenvalue weighted by molar-refractivity contribution is -0.217. The molecule has 0 bridgehead atoms. The predicted octanol–water partition coefficient (Wildman–Crippen LogP) is 3.43. The van der Waals surface area contributed by atoms with Crippen LogP contribution < -0.4 is 4.84 Å². The zero-order valence-corrected chi connectivity index (χ0v) is 12.1. The van der Waals surface area contributed by atoms with Gasteiger partial charge in [-0.05, 0) is 59.1 Å². The summed E-state index contributed by atoms with van der Waals surface area (Å²) in [5.74, 6) is 0.415. The highest BCUT2D eigenvalue weighted by Crippen LogP contribution is 2.41. The van der Waals surface area contributed by atoms with Crippen molar-refractivity contribution in [2.75, 3.05) is 0 Å². The van der Waals surface area contributed by atoms with E-state index in [0.29, 0.717) is 5.75 Å². The maximum absolute atomic E-state index is 9.84. The van der Waals surface area contributed by atoms with Gasteiger partial charge in [0, 0.05) is 6.07 Å². The molecule has 106 valence electrons. The zero-order valence-electron chi connectivity index (χ0n) is 12.1. The average Bonchev–Trinajstić information content (AvgIpc) is 2.27. The Morgan fingerprint density at radius 2 is 1.63 bits per heavy atom. The van der Waals surface area contributed by atoms with E-state index >= 15 is 0 Å². The van der Waals surface area contributed by atoms with Crippen LogP contribution >= 0.6 is 0 Å². The largest absolute Gasteiger partial charge is 0.508 e. The topological polar surface area (TPSA) is 52.9 Å². The lowest BCUT2D eigenvalue weighted by Crippen LogP contribution is -2.59. The van der Waals surface area contributed by atoms with Gasteiger partial charge < -0.3 is 15.1 Å². The highest BCUT2D eigenvalue weighted by molar-refractivity contribution is 5.43. The van der Waals surface area contributed by atoms with Crippen LogP contribution in [0.25, 0.3) is 0 Å². The number of phenolic OH excluding ortho intramolecular Hbond substituents is 2. The maximum Gasteiger partial charge on any atom is 0.192 e. The van der Waals surface area contributed by atoms with Gasteiger partial charge in [-0.2, -0.15) is 0 Å². The third-order valence-electron chi connectivity index (χ3n) is 3.81. The molecular formula is C15H23NO3. The first-order chi connectivity index (χ1) is 8.72. The Labute approximate surface area is 114 Å². The second-order valence-electron chi connectivity index (χ2n) is 6.52. The van der Waals surface area contributed by atoms with E-state index in [1.165, 1.54) is 18.2 Å². The van der Waals surface area contributed by atoms with Crippen LogP contribution in [0.1, 0.15) is 47.0 Å². The molecule has 1 saturated heterocycles. The second-order valence-corrected chi connectivity index (χ2v) is 6.52. The van der Waals surface area contributed by atoms with Crippen LogP contribution in [0, 0.1) is 0 Å². The van der Waals surface area contributed by atoms with Crippen molar-refractivity contribution in [1.29, 1.82) is 0 Å².